The Hall–Kier alpha value is -1.02. The van der Waals surface area contributed by atoms with Gasteiger partial charge in [0.1, 0.15) is 5.75 Å². The highest BCUT2D eigenvalue weighted by Gasteiger charge is 2.13. The second kappa shape index (κ2) is 5.90. The summed E-state index contributed by atoms with van der Waals surface area (Å²) in [5.74, 6) is 0.990. The van der Waals surface area contributed by atoms with Crippen molar-refractivity contribution in [2.24, 2.45) is 5.73 Å². The van der Waals surface area contributed by atoms with Crippen LogP contribution in [0.3, 0.4) is 0 Å². The fourth-order valence-electron chi connectivity index (χ4n) is 2.26. The molecular formula is C14H21NO. The Kier molecular flexibility index (Phi) is 4.23. The van der Waals surface area contributed by atoms with E-state index in [1.165, 1.54) is 38.5 Å². The van der Waals surface area contributed by atoms with Crippen LogP contribution in [-0.4, -0.2) is 6.10 Å². The summed E-state index contributed by atoms with van der Waals surface area (Å²) >= 11 is 0. The summed E-state index contributed by atoms with van der Waals surface area (Å²) in [6.45, 7) is 0.601. The van der Waals surface area contributed by atoms with Gasteiger partial charge in [0, 0.05) is 6.54 Å². The van der Waals surface area contributed by atoms with Crippen molar-refractivity contribution in [2.75, 3.05) is 0 Å². The molecule has 1 saturated carbocycles. The zero-order valence-electron chi connectivity index (χ0n) is 9.82. The lowest BCUT2D eigenvalue weighted by Crippen LogP contribution is -2.15. The van der Waals surface area contributed by atoms with Crippen molar-refractivity contribution in [3.63, 3.8) is 0 Å². The molecule has 0 aliphatic heterocycles. The van der Waals surface area contributed by atoms with Crippen LogP contribution in [-0.2, 0) is 6.54 Å². The second-order valence-corrected chi connectivity index (χ2v) is 4.58. The molecule has 0 amide bonds. The summed E-state index contributed by atoms with van der Waals surface area (Å²) in [4.78, 5) is 0. The summed E-state index contributed by atoms with van der Waals surface area (Å²) in [6.07, 6.45) is 8.19. The lowest BCUT2D eigenvalue weighted by atomic mass is 10.1. The summed E-state index contributed by atoms with van der Waals surface area (Å²) in [5, 5.41) is 0. The van der Waals surface area contributed by atoms with Gasteiger partial charge in [-0.05, 0) is 43.4 Å². The van der Waals surface area contributed by atoms with Crippen molar-refractivity contribution in [3.05, 3.63) is 29.8 Å². The van der Waals surface area contributed by atoms with E-state index in [2.05, 4.69) is 0 Å². The lowest BCUT2D eigenvalue weighted by molar-refractivity contribution is 0.183. The molecule has 88 valence electrons. The van der Waals surface area contributed by atoms with Crippen LogP contribution >= 0.6 is 0 Å². The smallest absolute Gasteiger partial charge is 0.119 e. The number of hydrogen-bond donors (Lipinski definition) is 1. The lowest BCUT2D eigenvalue weighted by Gasteiger charge is -2.17. The molecule has 0 radical (unpaired) electrons. The molecule has 0 bridgehead atoms. The van der Waals surface area contributed by atoms with Gasteiger partial charge in [0.25, 0.3) is 0 Å². The van der Waals surface area contributed by atoms with Crippen LogP contribution in [0.2, 0.25) is 0 Å². The van der Waals surface area contributed by atoms with Gasteiger partial charge >= 0.3 is 0 Å². The highest BCUT2D eigenvalue weighted by Crippen LogP contribution is 2.22. The first-order valence-corrected chi connectivity index (χ1v) is 6.34. The molecule has 2 rings (SSSR count). The van der Waals surface area contributed by atoms with Crippen molar-refractivity contribution >= 4 is 0 Å². The molecule has 0 atom stereocenters. The minimum atomic E-state index is 0.422. The van der Waals surface area contributed by atoms with Gasteiger partial charge in [-0.15, -0.1) is 0 Å². The van der Waals surface area contributed by atoms with Gasteiger partial charge in [-0.2, -0.15) is 0 Å². The van der Waals surface area contributed by atoms with Gasteiger partial charge in [0.05, 0.1) is 6.10 Å². The number of benzene rings is 1. The molecule has 0 heterocycles. The Bertz CT molecular complexity index is 299. The first-order chi connectivity index (χ1) is 7.88. The topological polar surface area (TPSA) is 35.2 Å². The molecule has 0 unspecified atom stereocenters. The summed E-state index contributed by atoms with van der Waals surface area (Å²) < 4.78 is 5.99. The van der Waals surface area contributed by atoms with Crippen molar-refractivity contribution in [1.29, 1.82) is 0 Å². The molecule has 1 aliphatic carbocycles. The van der Waals surface area contributed by atoms with Crippen LogP contribution in [0.4, 0.5) is 0 Å². The van der Waals surface area contributed by atoms with E-state index >= 15 is 0 Å². The Morgan fingerprint density at radius 1 is 1.00 bits per heavy atom. The van der Waals surface area contributed by atoms with Crippen LogP contribution in [0, 0.1) is 0 Å². The maximum atomic E-state index is 5.99. The summed E-state index contributed by atoms with van der Waals surface area (Å²) in [6, 6.07) is 8.16. The van der Waals surface area contributed by atoms with E-state index in [1.807, 2.05) is 24.3 Å². The number of hydrogen-bond acceptors (Lipinski definition) is 2. The van der Waals surface area contributed by atoms with Crippen LogP contribution in [0.5, 0.6) is 5.75 Å². The Labute approximate surface area is 97.8 Å². The van der Waals surface area contributed by atoms with Crippen molar-refractivity contribution in [3.8, 4) is 5.75 Å². The van der Waals surface area contributed by atoms with Gasteiger partial charge in [-0.25, -0.2) is 0 Å². The van der Waals surface area contributed by atoms with Gasteiger partial charge in [0.2, 0.25) is 0 Å². The first kappa shape index (κ1) is 11.5. The van der Waals surface area contributed by atoms with E-state index < -0.39 is 0 Å². The third-order valence-electron chi connectivity index (χ3n) is 3.26. The summed E-state index contributed by atoms with van der Waals surface area (Å²) in [5.41, 5.74) is 6.72. The molecule has 0 saturated heterocycles. The largest absolute Gasteiger partial charge is 0.490 e. The molecule has 1 aliphatic rings. The van der Waals surface area contributed by atoms with Crippen LogP contribution in [0.15, 0.2) is 24.3 Å². The normalized spacial score (nSPS) is 18.1. The van der Waals surface area contributed by atoms with E-state index in [-0.39, 0.29) is 0 Å². The highest BCUT2D eigenvalue weighted by molar-refractivity contribution is 5.27. The SMILES string of the molecule is NCc1ccc(OC2CCCCCC2)cc1. The molecule has 0 aromatic heterocycles. The van der Waals surface area contributed by atoms with Gasteiger partial charge < -0.3 is 10.5 Å². The van der Waals surface area contributed by atoms with Crippen LogP contribution in [0.25, 0.3) is 0 Å². The molecule has 2 nitrogen and oxygen atoms in total. The average Bonchev–Trinajstić information content (AvgIpc) is 2.59. The molecule has 1 fully saturated rings. The molecule has 1 aromatic carbocycles. The van der Waals surface area contributed by atoms with E-state index in [0.717, 1.165) is 11.3 Å². The van der Waals surface area contributed by atoms with E-state index in [9.17, 15) is 0 Å². The van der Waals surface area contributed by atoms with Crippen LogP contribution < -0.4 is 10.5 Å². The standard InChI is InChI=1S/C14H21NO/c15-11-12-7-9-14(10-8-12)16-13-5-3-1-2-4-6-13/h7-10,13H,1-6,11,15H2. The highest BCUT2D eigenvalue weighted by atomic mass is 16.5. The van der Waals surface area contributed by atoms with E-state index in [0.29, 0.717) is 12.6 Å². The predicted octanol–water partition coefficient (Wildman–Crippen LogP) is 3.25. The third kappa shape index (κ3) is 3.24. The van der Waals surface area contributed by atoms with Crippen molar-refractivity contribution in [1.82, 2.24) is 0 Å². The molecule has 2 N–H and O–H groups in total. The van der Waals surface area contributed by atoms with Crippen molar-refractivity contribution in [2.45, 2.75) is 51.2 Å². The Morgan fingerprint density at radius 2 is 1.62 bits per heavy atom. The average molecular weight is 219 g/mol. The minimum Gasteiger partial charge on any atom is -0.490 e. The second-order valence-electron chi connectivity index (χ2n) is 4.58. The molecular weight excluding hydrogens is 198 g/mol. The zero-order chi connectivity index (χ0) is 11.2. The van der Waals surface area contributed by atoms with Gasteiger partial charge in [0.15, 0.2) is 0 Å². The monoisotopic (exact) mass is 219 g/mol. The Balaban J connectivity index is 1.91. The molecule has 2 heteroatoms. The van der Waals surface area contributed by atoms with E-state index in [4.69, 9.17) is 10.5 Å². The van der Waals surface area contributed by atoms with Gasteiger partial charge in [-0.3, -0.25) is 0 Å². The summed E-state index contributed by atoms with van der Waals surface area (Å²) in [7, 11) is 0. The molecule has 16 heavy (non-hydrogen) atoms. The molecule has 1 aromatic rings. The quantitative estimate of drug-likeness (QED) is 0.792. The number of rotatable bonds is 3. The first-order valence-electron chi connectivity index (χ1n) is 6.34. The zero-order valence-corrected chi connectivity index (χ0v) is 9.82. The fourth-order valence-corrected chi connectivity index (χ4v) is 2.26. The van der Waals surface area contributed by atoms with Gasteiger partial charge in [-0.1, -0.05) is 25.0 Å². The maximum absolute atomic E-state index is 5.99. The number of ether oxygens (including phenoxy) is 1. The van der Waals surface area contributed by atoms with E-state index in [1.54, 1.807) is 0 Å². The van der Waals surface area contributed by atoms with Crippen molar-refractivity contribution < 1.29 is 4.74 Å². The minimum absolute atomic E-state index is 0.422. The molecule has 0 spiro atoms. The third-order valence-corrected chi connectivity index (χ3v) is 3.26. The van der Waals surface area contributed by atoms with Crippen LogP contribution in [0.1, 0.15) is 44.1 Å². The Morgan fingerprint density at radius 3 is 2.19 bits per heavy atom. The maximum Gasteiger partial charge on any atom is 0.119 e. The fraction of sp³-hybridized carbons (Fsp3) is 0.571. The number of nitrogens with two attached hydrogens (primary N) is 1. The predicted molar refractivity (Wildman–Crippen MR) is 66.5 cm³/mol.